The maximum absolute atomic E-state index is 9.42. The highest BCUT2D eigenvalue weighted by molar-refractivity contribution is 5.60. The van der Waals surface area contributed by atoms with Gasteiger partial charge >= 0.3 is 0 Å². The molecule has 3 heteroatoms. The molecule has 0 atom stereocenters. The Morgan fingerprint density at radius 2 is 1.17 bits per heavy atom. The van der Waals surface area contributed by atoms with Gasteiger partial charge in [-0.2, -0.15) is 5.26 Å². The summed E-state index contributed by atoms with van der Waals surface area (Å²) < 4.78 is 3.90. The van der Waals surface area contributed by atoms with E-state index in [4.69, 9.17) is 0 Å². The van der Waals surface area contributed by atoms with Crippen LogP contribution in [-0.4, -0.2) is 9.13 Å². The Morgan fingerprint density at radius 1 is 0.722 bits per heavy atom. The van der Waals surface area contributed by atoms with E-state index in [2.05, 4.69) is 6.07 Å². The molecule has 0 radical (unpaired) electrons. The second-order valence-corrected chi connectivity index (χ2v) is 3.96. The first-order chi connectivity index (χ1) is 8.90. The fourth-order valence-electron chi connectivity index (χ4n) is 2.06. The summed E-state index contributed by atoms with van der Waals surface area (Å²) in [6, 6.07) is 16.0. The Balaban J connectivity index is 2.24. The van der Waals surface area contributed by atoms with Gasteiger partial charge < -0.3 is 9.13 Å². The molecule has 86 valence electrons. The number of nitriles is 1. The van der Waals surface area contributed by atoms with Crippen molar-refractivity contribution < 1.29 is 0 Å². The van der Waals surface area contributed by atoms with Gasteiger partial charge in [-0.25, -0.2) is 0 Å². The summed E-state index contributed by atoms with van der Waals surface area (Å²) in [5, 5.41) is 9.42. The van der Waals surface area contributed by atoms with E-state index in [0.717, 1.165) is 11.4 Å². The first-order valence-corrected chi connectivity index (χ1v) is 5.70. The van der Waals surface area contributed by atoms with Crippen molar-refractivity contribution in [3.05, 3.63) is 72.8 Å². The maximum atomic E-state index is 9.42. The number of nitrogens with zero attached hydrogens (tertiary/aromatic N) is 3. The first-order valence-electron chi connectivity index (χ1n) is 5.70. The smallest absolute Gasteiger partial charge is 0.104 e. The topological polar surface area (TPSA) is 33.6 Å². The van der Waals surface area contributed by atoms with Crippen LogP contribution in [0.25, 0.3) is 11.4 Å². The lowest BCUT2D eigenvalue weighted by atomic mass is 10.1. The van der Waals surface area contributed by atoms with E-state index in [9.17, 15) is 5.26 Å². The average Bonchev–Trinajstić information content (AvgIpc) is 3.10. The third-order valence-corrected chi connectivity index (χ3v) is 2.90. The van der Waals surface area contributed by atoms with Gasteiger partial charge in [0.1, 0.15) is 6.07 Å². The van der Waals surface area contributed by atoms with E-state index in [1.165, 1.54) is 0 Å². The summed E-state index contributed by atoms with van der Waals surface area (Å²) in [6.07, 6.45) is 7.76. The van der Waals surface area contributed by atoms with Gasteiger partial charge in [-0.15, -0.1) is 0 Å². The van der Waals surface area contributed by atoms with Crippen molar-refractivity contribution in [2.24, 2.45) is 0 Å². The quantitative estimate of drug-likeness (QED) is 0.669. The molecule has 0 fully saturated rings. The highest BCUT2D eigenvalue weighted by atomic mass is 15.0. The Morgan fingerprint density at radius 3 is 1.56 bits per heavy atom. The van der Waals surface area contributed by atoms with E-state index >= 15 is 0 Å². The van der Waals surface area contributed by atoms with Crippen molar-refractivity contribution in [3.8, 4) is 17.4 Å². The standard InChI is InChI=1S/C15H11N3/c16-12-13-14(17-8-1-2-9-17)6-5-7-15(13)18-10-3-4-11-18/h1-11H. The molecule has 0 bridgehead atoms. The molecule has 3 rings (SSSR count). The normalized spacial score (nSPS) is 10.2. The molecule has 0 saturated heterocycles. The van der Waals surface area contributed by atoms with Gasteiger partial charge in [0.15, 0.2) is 0 Å². The number of aromatic nitrogens is 2. The second-order valence-electron chi connectivity index (χ2n) is 3.96. The fourth-order valence-corrected chi connectivity index (χ4v) is 2.06. The van der Waals surface area contributed by atoms with E-state index < -0.39 is 0 Å². The predicted molar refractivity (Wildman–Crippen MR) is 69.8 cm³/mol. The van der Waals surface area contributed by atoms with Crippen LogP contribution in [0.15, 0.2) is 67.3 Å². The molecule has 2 heterocycles. The molecule has 0 aliphatic heterocycles. The highest BCUT2D eigenvalue weighted by Gasteiger charge is 2.09. The van der Waals surface area contributed by atoms with Gasteiger partial charge in [0.2, 0.25) is 0 Å². The van der Waals surface area contributed by atoms with Crippen LogP contribution in [0.2, 0.25) is 0 Å². The van der Waals surface area contributed by atoms with Crippen LogP contribution < -0.4 is 0 Å². The maximum Gasteiger partial charge on any atom is 0.104 e. The lowest BCUT2D eigenvalue weighted by molar-refractivity contribution is 1.03. The summed E-state index contributed by atoms with van der Waals surface area (Å²) in [4.78, 5) is 0. The number of hydrogen-bond acceptors (Lipinski definition) is 1. The molecular formula is C15H11N3. The third-order valence-electron chi connectivity index (χ3n) is 2.90. The molecule has 2 aromatic heterocycles. The molecule has 18 heavy (non-hydrogen) atoms. The number of rotatable bonds is 2. The lowest BCUT2D eigenvalue weighted by Crippen LogP contribution is -2.00. The molecule has 3 aromatic rings. The van der Waals surface area contributed by atoms with Gasteiger partial charge in [0, 0.05) is 24.8 Å². The molecule has 0 aliphatic rings. The molecule has 3 nitrogen and oxygen atoms in total. The zero-order chi connectivity index (χ0) is 12.4. The minimum Gasteiger partial charge on any atom is -0.323 e. The molecular weight excluding hydrogens is 222 g/mol. The van der Waals surface area contributed by atoms with Crippen molar-refractivity contribution in [1.82, 2.24) is 9.13 Å². The first kappa shape index (κ1) is 10.4. The zero-order valence-corrected chi connectivity index (χ0v) is 9.69. The van der Waals surface area contributed by atoms with Crippen LogP contribution in [0.4, 0.5) is 0 Å². The number of hydrogen-bond donors (Lipinski definition) is 0. The second kappa shape index (κ2) is 4.27. The Kier molecular flexibility index (Phi) is 2.47. The summed E-state index contributed by atoms with van der Waals surface area (Å²) in [5.41, 5.74) is 2.47. The van der Waals surface area contributed by atoms with Crippen molar-refractivity contribution in [1.29, 1.82) is 5.26 Å². The summed E-state index contributed by atoms with van der Waals surface area (Å²) >= 11 is 0. The Bertz CT molecular complexity index is 633. The van der Waals surface area contributed by atoms with Gasteiger partial charge in [-0.05, 0) is 36.4 Å². The summed E-state index contributed by atoms with van der Waals surface area (Å²) in [7, 11) is 0. The van der Waals surface area contributed by atoms with Crippen LogP contribution in [0.3, 0.4) is 0 Å². The Labute approximate surface area is 105 Å². The van der Waals surface area contributed by atoms with Gasteiger partial charge in [0.05, 0.1) is 16.9 Å². The van der Waals surface area contributed by atoms with Gasteiger partial charge in [0.25, 0.3) is 0 Å². The summed E-state index contributed by atoms with van der Waals surface area (Å²) in [6.45, 7) is 0. The molecule has 0 saturated carbocycles. The SMILES string of the molecule is N#Cc1c(-n2cccc2)cccc1-n1cccc1. The Hall–Kier alpha value is -2.73. The zero-order valence-electron chi connectivity index (χ0n) is 9.69. The molecule has 0 aliphatic carbocycles. The molecule has 1 aromatic carbocycles. The monoisotopic (exact) mass is 233 g/mol. The average molecular weight is 233 g/mol. The number of benzene rings is 1. The molecule has 0 amide bonds. The molecule has 0 unspecified atom stereocenters. The molecule has 0 spiro atoms. The van der Waals surface area contributed by atoms with Crippen LogP contribution in [0, 0.1) is 11.3 Å². The van der Waals surface area contributed by atoms with Crippen LogP contribution in [0.1, 0.15) is 5.56 Å². The minimum absolute atomic E-state index is 0.671. The molecule has 0 N–H and O–H groups in total. The minimum atomic E-state index is 0.671. The lowest BCUT2D eigenvalue weighted by Gasteiger charge is -2.11. The van der Waals surface area contributed by atoms with Crippen molar-refractivity contribution in [2.45, 2.75) is 0 Å². The van der Waals surface area contributed by atoms with Crippen molar-refractivity contribution >= 4 is 0 Å². The van der Waals surface area contributed by atoms with Crippen LogP contribution in [-0.2, 0) is 0 Å². The van der Waals surface area contributed by atoms with Gasteiger partial charge in [-0.1, -0.05) is 6.07 Å². The highest BCUT2D eigenvalue weighted by Crippen LogP contribution is 2.21. The summed E-state index contributed by atoms with van der Waals surface area (Å²) in [5.74, 6) is 0. The fraction of sp³-hybridized carbons (Fsp3) is 0. The third kappa shape index (κ3) is 1.61. The van der Waals surface area contributed by atoms with Crippen molar-refractivity contribution in [3.63, 3.8) is 0 Å². The van der Waals surface area contributed by atoms with Gasteiger partial charge in [-0.3, -0.25) is 0 Å². The van der Waals surface area contributed by atoms with E-state index in [1.807, 2.05) is 76.4 Å². The largest absolute Gasteiger partial charge is 0.323 e. The van der Waals surface area contributed by atoms with Crippen LogP contribution in [0.5, 0.6) is 0 Å². The van der Waals surface area contributed by atoms with Crippen LogP contribution >= 0.6 is 0 Å². The van der Waals surface area contributed by atoms with Crippen molar-refractivity contribution in [2.75, 3.05) is 0 Å². The predicted octanol–water partition coefficient (Wildman–Crippen LogP) is 3.14. The van der Waals surface area contributed by atoms with E-state index in [-0.39, 0.29) is 0 Å². The van der Waals surface area contributed by atoms with E-state index in [0.29, 0.717) is 5.56 Å². The van der Waals surface area contributed by atoms with E-state index in [1.54, 1.807) is 0 Å².